The number of primary amides is 1. The first-order valence-electron chi connectivity index (χ1n) is 7.84. The van der Waals surface area contributed by atoms with E-state index in [-0.39, 0.29) is 18.1 Å². The minimum absolute atomic E-state index is 0.119. The summed E-state index contributed by atoms with van der Waals surface area (Å²) in [6.07, 6.45) is 0.363. The van der Waals surface area contributed by atoms with Gasteiger partial charge in [-0.1, -0.05) is 0 Å². The van der Waals surface area contributed by atoms with Crippen molar-refractivity contribution in [3.05, 3.63) is 59.4 Å². The first-order valence-corrected chi connectivity index (χ1v) is 7.84. The number of carbonyl (C=O) groups excluding carboxylic acids is 2. The van der Waals surface area contributed by atoms with Gasteiger partial charge in [0.05, 0.1) is 0 Å². The van der Waals surface area contributed by atoms with E-state index in [4.69, 9.17) is 10.5 Å². The van der Waals surface area contributed by atoms with Crippen molar-refractivity contribution in [3.8, 4) is 5.75 Å². The Kier molecular flexibility index (Phi) is 4.83. The molecule has 0 radical (unpaired) electrons. The molecule has 3 rings (SSSR count). The molecule has 26 heavy (non-hydrogen) atoms. The lowest BCUT2D eigenvalue weighted by molar-refractivity contribution is -0.130. The zero-order valence-corrected chi connectivity index (χ0v) is 13.5. The highest BCUT2D eigenvalue weighted by molar-refractivity contribution is 6.09. The Morgan fingerprint density at radius 2 is 1.81 bits per heavy atom. The van der Waals surface area contributed by atoms with E-state index in [9.17, 15) is 22.8 Å². The second kappa shape index (κ2) is 7.07. The first kappa shape index (κ1) is 17.8. The minimum atomic E-state index is -1.54. The molecule has 1 fully saturated rings. The van der Waals surface area contributed by atoms with E-state index in [1.807, 2.05) is 0 Å². The monoisotopic (exact) mass is 364 g/mol. The summed E-state index contributed by atoms with van der Waals surface area (Å²) in [7, 11) is 0. The molecule has 0 saturated carbocycles. The van der Waals surface area contributed by atoms with Gasteiger partial charge < -0.3 is 15.4 Å². The van der Waals surface area contributed by atoms with Gasteiger partial charge in [0.25, 0.3) is 0 Å². The Morgan fingerprint density at radius 1 is 1.12 bits per heavy atom. The second-order valence-corrected chi connectivity index (χ2v) is 5.85. The van der Waals surface area contributed by atoms with Crippen molar-refractivity contribution in [2.45, 2.75) is 13.0 Å². The van der Waals surface area contributed by atoms with Crippen LogP contribution >= 0.6 is 0 Å². The summed E-state index contributed by atoms with van der Waals surface area (Å²) in [6, 6.07) is 8.26. The number of rotatable bonds is 5. The molecule has 0 spiro atoms. The van der Waals surface area contributed by atoms with Crippen LogP contribution in [0.5, 0.6) is 5.75 Å². The van der Waals surface area contributed by atoms with Crippen molar-refractivity contribution in [2.75, 3.05) is 11.4 Å². The van der Waals surface area contributed by atoms with Crippen molar-refractivity contribution in [3.63, 3.8) is 0 Å². The Labute approximate surface area is 147 Å². The molecule has 0 aliphatic carbocycles. The lowest BCUT2D eigenvalue weighted by atomic mass is 10.1. The average Bonchev–Trinajstić information content (AvgIpc) is 3.01. The highest BCUT2D eigenvalue weighted by Crippen LogP contribution is 2.27. The number of nitrogens with zero attached hydrogens (tertiary/aromatic N) is 1. The van der Waals surface area contributed by atoms with Gasteiger partial charge in [-0.15, -0.1) is 0 Å². The zero-order chi connectivity index (χ0) is 18.8. The summed E-state index contributed by atoms with van der Waals surface area (Å²) in [5.74, 6) is -5.56. The number of nitrogens with two attached hydrogens (primary N) is 1. The molecule has 1 aliphatic heterocycles. The Bertz CT molecular complexity index is 856. The maximum absolute atomic E-state index is 13.6. The Morgan fingerprint density at radius 3 is 2.42 bits per heavy atom. The van der Waals surface area contributed by atoms with Gasteiger partial charge in [0.1, 0.15) is 18.3 Å². The number of ether oxygens (including phenoxy) is 1. The molecule has 136 valence electrons. The van der Waals surface area contributed by atoms with Crippen molar-refractivity contribution >= 4 is 17.5 Å². The summed E-state index contributed by atoms with van der Waals surface area (Å²) in [4.78, 5) is 24.8. The fourth-order valence-electron chi connectivity index (χ4n) is 2.76. The van der Waals surface area contributed by atoms with Crippen molar-refractivity contribution in [1.29, 1.82) is 0 Å². The van der Waals surface area contributed by atoms with Crippen molar-refractivity contribution in [1.82, 2.24) is 0 Å². The quantitative estimate of drug-likeness (QED) is 0.655. The molecule has 1 heterocycles. The standard InChI is InChI=1S/C18H15F3N2O3/c19-14-6-1-10(15(20)16(14)21)9-26-12-4-2-11(3-5-12)23-8-7-13(17(22)24)18(23)25/h1-6,13H,7-9H2,(H2,22,24). The second-order valence-electron chi connectivity index (χ2n) is 5.85. The van der Waals surface area contributed by atoms with E-state index >= 15 is 0 Å². The molecule has 1 atom stereocenters. The first-order chi connectivity index (χ1) is 12.4. The number of carbonyl (C=O) groups is 2. The fraction of sp³-hybridized carbons (Fsp3) is 0.222. The van der Waals surface area contributed by atoms with Gasteiger partial charge in [-0.05, 0) is 42.8 Å². The van der Waals surface area contributed by atoms with E-state index in [1.54, 1.807) is 24.3 Å². The highest BCUT2D eigenvalue weighted by atomic mass is 19.2. The molecule has 1 saturated heterocycles. The van der Waals surface area contributed by atoms with E-state index in [0.717, 1.165) is 12.1 Å². The van der Waals surface area contributed by atoms with E-state index < -0.39 is 29.3 Å². The SMILES string of the molecule is NC(=O)C1CCN(c2ccc(OCc3ccc(F)c(F)c3F)cc2)C1=O. The predicted octanol–water partition coefficient (Wildman–Crippen LogP) is 2.52. The lowest BCUT2D eigenvalue weighted by Gasteiger charge is -2.17. The van der Waals surface area contributed by atoms with Gasteiger partial charge in [0, 0.05) is 17.8 Å². The van der Waals surface area contributed by atoms with Gasteiger partial charge in [0.2, 0.25) is 11.8 Å². The summed E-state index contributed by atoms with van der Waals surface area (Å²) in [5.41, 5.74) is 5.65. The third kappa shape index (κ3) is 3.35. The van der Waals surface area contributed by atoms with Gasteiger partial charge in [-0.2, -0.15) is 0 Å². The predicted molar refractivity (Wildman–Crippen MR) is 86.7 cm³/mol. The number of halogens is 3. The van der Waals surface area contributed by atoms with Crippen molar-refractivity contribution < 1.29 is 27.5 Å². The van der Waals surface area contributed by atoms with Gasteiger partial charge in [-0.25, -0.2) is 13.2 Å². The van der Waals surface area contributed by atoms with Gasteiger partial charge >= 0.3 is 0 Å². The number of benzene rings is 2. The van der Waals surface area contributed by atoms with Crippen molar-refractivity contribution in [2.24, 2.45) is 11.7 Å². The minimum Gasteiger partial charge on any atom is -0.489 e. The third-order valence-corrected chi connectivity index (χ3v) is 4.21. The average molecular weight is 364 g/mol. The molecule has 0 bridgehead atoms. The summed E-state index contributed by atoms with van der Waals surface area (Å²) in [5, 5.41) is 0. The van der Waals surface area contributed by atoms with Crippen LogP contribution in [0.4, 0.5) is 18.9 Å². The van der Waals surface area contributed by atoms with E-state index in [0.29, 0.717) is 24.4 Å². The van der Waals surface area contributed by atoms with Crippen LogP contribution in [0.15, 0.2) is 36.4 Å². The maximum atomic E-state index is 13.6. The Hall–Kier alpha value is -3.03. The number of hydrogen-bond acceptors (Lipinski definition) is 3. The summed E-state index contributed by atoms with van der Waals surface area (Å²) < 4.78 is 45.1. The van der Waals surface area contributed by atoms with Crippen LogP contribution < -0.4 is 15.4 Å². The summed E-state index contributed by atoms with van der Waals surface area (Å²) in [6.45, 7) is 0.0987. The lowest BCUT2D eigenvalue weighted by Crippen LogP contribution is -2.33. The van der Waals surface area contributed by atoms with Crippen LogP contribution in [-0.2, 0) is 16.2 Å². The summed E-state index contributed by atoms with van der Waals surface area (Å²) >= 11 is 0. The molecule has 2 aromatic carbocycles. The molecule has 1 aliphatic rings. The molecule has 8 heteroatoms. The molecule has 1 unspecified atom stereocenters. The Balaban J connectivity index is 1.66. The normalized spacial score (nSPS) is 16.8. The highest BCUT2D eigenvalue weighted by Gasteiger charge is 2.36. The van der Waals surface area contributed by atoms with Crippen LogP contribution in [-0.4, -0.2) is 18.4 Å². The molecular weight excluding hydrogens is 349 g/mol. The maximum Gasteiger partial charge on any atom is 0.239 e. The molecular formula is C18H15F3N2O3. The van der Waals surface area contributed by atoms with Crippen LogP contribution in [0.25, 0.3) is 0 Å². The molecule has 5 nitrogen and oxygen atoms in total. The molecule has 2 aromatic rings. The van der Waals surface area contributed by atoms with Crippen LogP contribution in [0.3, 0.4) is 0 Å². The van der Waals surface area contributed by atoms with Crippen LogP contribution in [0, 0.1) is 23.4 Å². The fourth-order valence-corrected chi connectivity index (χ4v) is 2.76. The topological polar surface area (TPSA) is 72.6 Å². The van der Waals surface area contributed by atoms with Crippen LogP contribution in [0.1, 0.15) is 12.0 Å². The molecule has 2 N–H and O–H groups in total. The smallest absolute Gasteiger partial charge is 0.239 e. The zero-order valence-electron chi connectivity index (χ0n) is 13.5. The molecule has 0 aromatic heterocycles. The van der Waals surface area contributed by atoms with Crippen LogP contribution in [0.2, 0.25) is 0 Å². The number of amides is 2. The third-order valence-electron chi connectivity index (χ3n) is 4.21. The van der Waals surface area contributed by atoms with Gasteiger partial charge in [0.15, 0.2) is 17.5 Å². The largest absolute Gasteiger partial charge is 0.489 e. The number of hydrogen-bond donors (Lipinski definition) is 1. The van der Waals surface area contributed by atoms with Gasteiger partial charge in [-0.3, -0.25) is 9.59 Å². The molecule has 2 amide bonds. The van der Waals surface area contributed by atoms with E-state index in [1.165, 1.54) is 4.90 Å². The number of anilines is 1. The van der Waals surface area contributed by atoms with E-state index in [2.05, 4.69) is 0 Å².